The Morgan fingerprint density at radius 3 is 2.50 bits per heavy atom. The summed E-state index contributed by atoms with van der Waals surface area (Å²) in [5.74, 6) is 1.23. The lowest BCUT2D eigenvalue weighted by Gasteiger charge is -2.19. The molecule has 0 aliphatic heterocycles. The molecular weight excluding hydrogens is 200 g/mol. The van der Waals surface area contributed by atoms with E-state index in [2.05, 4.69) is 5.32 Å². The molecule has 3 rings (SSSR count). The molecule has 2 unspecified atom stereocenters. The van der Waals surface area contributed by atoms with Gasteiger partial charge < -0.3 is 11.1 Å². The van der Waals surface area contributed by atoms with E-state index in [4.69, 9.17) is 5.73 Å². The summed E-state index contributed by atoms with van der Waals surface area (Å²) < 4.78 is 0. The van der Waals surface area contributed by atoms with Gasteiger partial charge in [-0.3, -0.25) is 4.79 Å². The monoisotopic (exact) mass is 222 g/mol. The van der Waals surface area contributed by atoms with E-state index >= 15 is 0 Å². The molecule has 0 bridgehead atoms. The van der Waals surface area contributed by atoms with E-state index in [-0.39, 0.29) is 17.9 Å². The first-order valence-corrected chi connectivity index (χ1v) is 6.75. The maximum Gasteiger partial charge on any atom is 0.224 e. The highest BCUT2D eigenvalue weighted by atomic mass is 16.1. The number of hydrogen-bond donors (Lipinski definition) is 2. The highest BCUT2D eigenvalue weighted by Gasteiger charge is 2.53. The zero-order valence-electron chi connectivity index (χ0n) is 9.87. The zero-order chi connectivity index (χ0) is 11.2. The Bertz CT molecular complexity index is 294. The van der Waals surface area contributed by atoms with E-state index in [1.54, 1.807) is 0 Å². The summed E-state index contributed by atoms with van der Waals surface area (Å²) in [6.07, 6.45) is 8.56. The van der Waals surface area contributed by atoms with Gasteiger partial charge in [-0.25, -0.2) is 0 Å². The summed E-state index contributed by atoms with van der Waals surface area (Å²) in [5, 5.41) is 3.16. The van der Waals surface area contributed by atoms with Gasteiger partial charge in [0, 0.05) is 12.6 Å². The third kappa shape index (κ3) is 1.86. The van der Waals surface area contributed by atoms with Gasteiger partial charge >= 0.3 is 0 Å². The van der Waals surface area contributed by atoms with Crippen molar-refractivity contribution in [2.75, 3.05) is 6.54 Å². The van der Waals surface area contributed by atoms with Crippen molar-refractivity contribution < 1.29 is 4.79 Å². The third-order valence-corrected chi connectivity index (χ3v) is 4.86. The molecule has 0 heterocycles. The molecule has 0 spiro atoms. The predicted octanol–water partition coefficient (Wildman–Crippen LogP) is 1.42. The fourth-order valence-electron chi connectivity index (χ4n) is 3.29. The van der Waals surface area contributed by atoms with E-state index in [0.29, 0.717) is 5.41 Å². The van der Waals surface area contributed by atoms with Crippen LogP contribution in [0.25, 0.3) is 0 Å². The lowest BCUT2D eigenvalue weighted by Crippen LogP contribution is -2.41. The molecule has 0 radical (unpaired) electrons. The van der Waals surface area contributed by atoms with Crippen molar-refractivity contribution in [2.45, 2.75) is 51.0 Å². The van der Waals surface area contributed by atoms with Crippen LogP contribution in [0.2, 0.25) is 0 Å². The summed E-state index contributed by atoms with van der Waals surface area (Å²) in [7, 11) is 0. The Hall–Kier alpha value is -0.570. The molecule has 3 saturated carbocycles. The highest BCUT2D eigenvalue weighted by Crippen LogP contribution is 2.60. The Morgan fingerprint density at radius 2 is 2.00 bits per heavy atom. The van der Waals surface area contributed by atoms with Gasteiger partial charge in [0.25, 0.3) is 0 Å². The molecule has 3 aliphatic carbocycles. The molecule has 0 aromatic heterocycles. The Balaban J connectivity index is 1.49. The Labute approximate surface area is 97.2 Å². The molecule has 3 nitrogen and oxygen atoms in total. The molecule has 3 heteroatoms. The van der Waals surface area contributed by atoms with E-state index in [1.807, 2.05) is 0 Å². The number of carbonyl (C=O) groups excluding carboxylic acids is 1. The lowest BCUT2D eigenvalue weighted by atomic mass is 9.99. The second-order valence-corrected chi connectivity index (χ2v) is 6.06. The van der Waals surface area contributed by atoms with Crippen molar-refractivity contribution in [3.8, 4) is 0 Å². The average molecular weight is 222 g/mol. The van der Waals surface area contributed by atoms with E-state index in [0.717, 1.165) is 31.7 Å². The van der Waals surface area contributed by atoms with Crippen molar-refractivity contribution >= 4 is 5.91 Å². The number of carbonyl (C=O) groups is 1. The van der Waals surface area contributed by atoms with Gasteiger partial charge in [-0.1, -0.05) is 6.42 Å². The van der Waals surface area contributed by atoms with Crippen LogP contribution in [0.5, 0.6) is 0 Å². The van der Waals surface area contributed by atoms with Crippen LogP contribution in [0.4, 0.5) is 0 Å². The molecule has 2 atom stereocenters. The van der Waals surface area contributed by atoms with Crippen molar-refractivity contribution in [1.29, 1.82) is 0 Å². The van der Waals surface area contributed by atoms with E-state index in [1.165, 1.54) is 25.7 Å². The minimum atomic E-state index is 0.0926. The molecule has 16 heavy (non-hydrogen) atoms. The second-order valence-electron chi connectivity index (χ2n) is 6.06. The standard InChI is InChI=1S/C13H22N2O/c14-11-3-1-2-10(11)12(16)15-8-13(6-7-13)9-4-5-9/h9-11H,1-8,14H2,(H,15,16). The number of nitrogens with one attached hydrogen (secondary N) is 1. The van der Waals surface area contributed by atoms with Gasteiger partial charge in [0.1, 0.15) is 0 Å². The van der Waals surface area contributed by atoms with Gasteiger partial charge in [-0.15, -0.1) is 0 Å². The second kappa shape index (κ2) is 3.73. The van der Waals surface area contributed by atoms with Crippen LogP contribution in [-0.2, 0) is 4.79 Å². The minimum absolute atomic E-state index is 0.0926. The van der Waals surface area contributed by atoms with Crippen molar-refractivity contribution in [2.24, 2.45) is 23.0 Å². The van der Waals surface area contributed by atoms with Crippen LogP contribution in [0.3, 0.4) is 0 Å². The first kappa shape index (κ1) is 10.6. The fraction of sp³-hybridized carbons (Fsp3) is 0.923. The predicted molar refractivity (Wildman–Crippen MR) is 62.7 cm³/mol. The lowest BCUT2D eigenvalue weighted by molar-refractivity contribution is -0.125. The molecule has 0 aromatic carbocycles. The Kier molecular flexibility index (Phi) is 2.46. The quantitative estimate of drug-likeness (QED) is 0.756. The smallest absolute Gasteiger partial charge is 0.224 e. The average Bonchev–Trinajstić information content (AvgIpc) is 3.14. The maximum atomic E-state index is 12.0. The van der Waals surface area contributed by atoms with Crippen molar-refractivity contribution in [3.63, 3.8) is 0 Å². The van der Waals surface area contributed by atoms with Crippen molar-refractivity contribution in [3.05, 3.63) is 0 Å². The fourth-order valence-corrected chi connectivity index (χ4v) is 3.29. The van der Waals surface area contributed by atoms with Gasteiger partial charge in [-0.2, -0.15) is 0 Å². The van der Waals surface area contributed by atoms with Crippen LogP contribution in [-0.4, -0.2) is 18.5 Å². The van der Waals surface area contributed by atoms with Crippen LogP contribution in [0, 0.1) is 17.3 Å². The molecule has 0 aromatic rings. The van der Waals surface area contributed by atoms with Gasteiger partial charge in [-0.05, 0) is 49.9 Å². The number of hydrogen-bond acceptors (Lipinski definition) is 2. The third-order valence-electron chi connectivity index (χ3n) is 4.86. The highest BCUT2D eigenvalue weighted by molar-refractivity contribution is 5.79. The largest absolute Gasteiger partial charge is 0.355 e. The summed E-state index contributed by atoms with van der Waals surface area (Å²) in [6.45, 7) is 0.916. The summed E-state index contributed by atoms with van der Waals surface area (Å²) >= 11 is 0. The summed E-state index contributed by atoms with van der Waals surface area (Å²) in [4.78, 5) is 12.0. The summed E-state index contributed by atoms with van der Waals surface area (Å²) in [5.41, 5.74) is 6.46. The van der Waals surface area contributed by atoms with E-state index < -0.39 is 0 Å². The topological polar surface area (TPSA) is 55.1 Å². The minimum Gasteiger partial charge on any atom is -0.355 e. The molecule has 3 aliphatic rings. The van der Waals surface area contributed by atoms with Crippen LogP contribution in [0.15, 0.2) is 0 Å². The Morgan fingerprint density at radius 1 is 1.25 bits per heavy atom. The van der Waals surface area contributed by atoms with Crippen LogP contribution in [0.1, 0.15) is 44.9 Å². The van der Waals surface area contributed by atoms with Gasteiger partial charge in [0.05, 0.1) is 5.92 Å². The van der Waals surface area contributed by atoms with E-state index in [9.17, 15) is 4.79 Å². The number of amides is 1. The summed E-state index contributed by atoms with van der Waals surface area (Å²) in [6, 6.07) is 0.107. The number of rotatable bonds is 4. The first-order valence-electron chi connectivity index (χ1n) is 6.75. The molecular formula is C13H22N2O. The van der Waals surface area contributed by atoms with Gasteiger partial charge in [0.15, 0.2) is 0 Å². The normalized spacial score (nSPS) is 36.1. The zero-order valence-corrected chi connectivity index (χ0v) is 9.87. The SMILES string of the molecule is NC1CCCC1C(=O)NCC1(C2CC2)CC1. The number of nitrogens with two attached hydrogens (primary N) is 1. The molecule has 0 saturated heterocycles. The van der Waals surface area contributed by atoms with Gasteiger partial charge in [0.2, 0.25) is 5.91 Å². The first-order chi connectivity index (χ1) is 7.71. The van der Waals surface area contributed by atoms with Crippen LogP contribution < -0.4 is 11.1 Å². The molecule has 1 amide bonds. The molecule has 3 N–H and O–H groups in total. The molecule has 3 fully saturated rings. The van der Waals surface area contributed by atoms with Crippen LogP contribution >= 0.6 is 0 Å². The maximum absolute atomic E-state index is 12.0. The van der Waals surface area contributed by atoms with Crippen molar-refractivity contribution in [1.82, 2.24) is 5.32 Å². The molecule has 90 valence electrons.